The number of nitrogens with one attached hydrogen (secondary N) is 1. The predicted molar refractivity (Wildman–Crippen MR) is 55.0 cm³/mol. The van der Waals surface area contributed by atoms with E-state index in [2.05, 4.69) is 36.1 Å². The van der Waals surface area contributed by atoms with E-state index >= 15 is 0 Å². The van der Waals surface area contributed by atoms with Crippen LogP contribution in [0.25, 0.3) is 0 Å². The number of anilines is 1. The first-order valence-electron chi connectivity index (χ1n) is 4.19. The van der Waals surface area contributed by atoms with Gasteiger partial charge < -0.3 is 5.32 Å². The van der Waals surface area contributed by atoms with Gasteiger partial charge in [0.2, 0.25) is 5.95 Å². The van der Waals surface area contributed by atoms with E-state index in [-0.39, 0.29) is 5.41 Å². The monoisotopic (exact) mass is 199 g/mol. The Hall–Kier alpha value is -0.830. The maximum Gasteiger partial charge on any atom is 0.222 e. The molecule has 0 aromatic carbocycles. The molecule has 0 aliphatic carbocycles. The molecule has 1 aromatic heterocycles. The van der Waals surface area contributed by atoms with E-state index in [1.807, 2.05) is 0 Å². The van der Waals surface area contributed by atoms with Crippen LogP contribution in [0.4, 0.5) is 5.95 Å². The molecule has 0 saturated heterocycles. The van der Waals surface area contributed by atoms with Crippen LogP contribution < -0.4 is 5.32 Å². The van der Waals surface area contributed by atoms with E-state index in [4.69, 9.17) is 11.6 Å². The Bertz CT molecular complexity index is 263. The molecule has 13 heavy (non-hydrogen) atoms. The number of hydrogen-bond donors (Lipinski definition) is 1. The number of nitrogens with zero attached hydrogens (tertiary/aromatic N) is 2. The van der Waals surface area contributed by atoms with E-state index in [9.17, 15) is 0 Å². The molecule has 0 aliphatic rings. The predicted octanol–water partition coefficient (Wildman–Crippen LogP) is 2.59. The highest BCUT2D eigenvalue weighted by Crippen LogP contribution is 2.13. The zero-order valence-electron chi connectivity index (χ0n) is 8.13. The van der Waals surface area contributed by atoms with Gasteiger partial charge in [-0.1, -0.05) is 32.4 Å². The van der Waals surface area contributed by atoms with Crippen LogP contribution in [0, 0.1) is 5.41 Å². The Kier molecular flexibility index (Phi) is 3.09. The number of rotatable bonds is 2. The fourth-order valence-electron chi connectivity index (χ4n) is 0.748. The maximum atomic E-state index is 5.65. The average molecular weight is 200 g/mol. The van der Waals surface area contributed by atoms with Crippen LogP contribution in [-0.2, 0) is 0 Å². The summed E-state index contributed by atoms with van der Waals surface area (Å²) in [7, 11) is 0. The second kappa shape index (κ2) is 3.92. The molecule has 0 unspecified atom stereocenters. The van der Waals surface area contributed by atoms with Crippen LogP contribution in [0.2, 0.25) is 5.02 Å². The third-order valence-electron chi connectivity index (χ3n) is 1.40. The third kappa shape index (κ3) is 4.08. The van der Waals surface area contributed by atoms with E-state index in [1.54, 1.807) is 12.4 Å². The lowest BCUT2D eigenvalue weighted by Gasteiger charge is -2.18. The molecule has 0 spiro atoms. The Morgan fingerprint density at radius 1 is 1.31 bits per heavy atom. The van der Waals surface area contributed by atoms with Crippen molar-refractivity contribution in [2.45, 2.75) is 20.8 Å². The van der Waals surface area contributed by atoms with Gasteiger partial charge >= 0.3 is 0 Å². The summed E-state index contributed by atoms with van der Waals surface area (Å²) in [5.41, 5.74) is 0.225. The Labute approximate surface area is 83.5 Å². The summed E-state index contributed by atoms with van der Waals surface area (Å²) in [6, 6.07) is 0. The summed E-state index contributed by atoms with van der Waals surface area (Å²) >= 11 is 5.65. The van der Waals surface area contributed by atoms with Gasteiger partial charge in [0.05, 0.1) is 17.4 Å². The summed E-state index contributed by atoms with van der Waals surface area (Å²) in [6.07, 6.45) is 3.17. The van der Waals surface area contributed by atoms with Gasteiger partial charge in [0.25, 0.3) is 0 Å². The zero-order valence-corrected chi connectivity index (χ0v) is 8.89. The van der Waals surface area contributed by atoms with E-state index in [0.717, 1.165) is 6.54 Å². The summed E-state index contributed by atoms with van der Waals surface area (Å²) in [6.45, 7) is 7.29. The van der Waals surface area contributed by atoms with Gasteiger partial charge in [0, 0.05) is 6.54 Å². The van der Waals surface area contributed by atoms with Crippen molar-refractivity contribution in [3.8, 4) is 0 Å². The smallest absolute Gasteiger partial charge is 0.222 e. The summed E-state index contributed by atoms with van der Waals surface area (Å²) < 4.78 is 0. The Morgan fingerprint density at radius 2 is 1.85 bits per heavy atom. The first kappa shape index (κ1) is 10.3. The van der Waals surface area contributed by atoms with Crippen LogP contribution in [-0.4, -0.2) is 16.5 Å². The van der Waals surface area contributed by atoms with Crippen molar-refractivity contribution in [1.82, 2.24) is 9.97 Å². The molecule has 1 aromatic rings. The van der Waals surface area contributed by atoms with E-state index in [1.165, 1.54) is 0 Å². The van der Waals surface area contributed by atoms with Crippen molar-refractivity contribution in [2.24, 2.45) is 5.41 Å². The second-order valence-electron chi connectivity index (χ2n) is 4.14. The minimum atomic E-state index is 0.225. The standard InChI is InChI=1S/C9H14ClN3/c1-9(2,3)6-13-8-11-4-7(10)5-12-8/h4-5H,6H2,1-3H3,(H,11,12,13). The number of hydrogen-bond acceptors (Lipinski definition) is 3. The molecule has 0 fully saturated rings. The normalized spacial score (nSPS) is 11.4. The number of halogens is 1. The van der Waals surface area contributed by atoms with Crippen molar-refractivity contribution in [2.75, 3.05) is 11.9 Å². The van der Waals surface area contributed by atoms with Crippen LogP contribution >= 0.6 is 11.6 Å². The lowest BCUT2D eigenvalue weighted by atomic mass is 9.97. The Morgan fingerprint density at radius 3 is 2.31 bits per heavy atom. The molecule has 0 atom stereocenters. The van der Waals surface area contributed by atoms with E-state index < -0.39 is 0 Å². The highest BCUT2D eigenvalue weighted by Gasteiger charge is 2.09. The lowest BCUT2D eigenvalue weighted by molar-refractivity contribution is 0.442. The fourth-order valence-corrected chi connectivity index (χ4v) is 0.845. The van der Waals surface area contributed by atoms with Crippen molar-refractivity contribution in [1.29, 1.82) is 0 Å². The molecule has 0 radical (unpaired) electrons. The quantitative estimate of drug-likeness (QED) is 0.796. The molecular formula is C9H14ClN3. The van der Waals surface area contributed by atoms with Gasteiger partial charge in [-0.25, -0.2) is 9.97 Å². The first-order chi connectivity index (χ1) is 5.97. The van der Waals surface area contributed by atoms with Crippen LogP contribution in [0.5, 0.6) is 0 Å². The first-order valence-corrected chi connectivity index (χ1v) is 4.57. The minimum Gasteiger partial charge on any atom is -0.354 e. The van der Waals surface area contributed by atoms with Gasteiger partial charge in [-0.15, -0.1) is 0 Å². The Balaban J connectivity index is 2.51. The third-order valence-corrected chi connectivity index (χ3v) is 1.59. The maximum absolute atomic E-state index is 5.65. The van der Waals surface area contributed by atoms with Crippen LogP contribution in [0.1, 0.15) is 20.8 Å². The molecule has 0 amide bonds. The van der Waals surface area contributed by atoms with Gasteiger partial charge in [0.1, 0.15) is 0 Å². The summed E-state index contributed by atoms with van der Waals surface area (Å²) in [4.78, 5) is 8.05. The lowest BCUT2D eigenvalue weighted by Crippen LogP contribution is -2.20. The van der Waals surface area contributed by atoms with Gasteiger partial charge in [0.15, 0.2) is 0 Å². The molecule has 0 aliphatic heterocycles. The second-order valence-corrected chi connectivity index (χ2v) is 4.58. The highest BCUT2D eigenvalue weighted by atomic mass is 35.5. The molecule has 1 heterocycles. The van der Waals surface area contributed by atoms with Crippen molar-refractivity contribution < 1.29 is 0 Å². The zero-order chi connectivity index (χ0) is 9.90. The van der Waals surface area contributed by atoms with Crippen molar-refractivity contribution >= 4 is 17.5 Å². The van der Waals surface area contributed by atoms with Crippen molar-refractivity contribution in [3.63, 3.8) is 0 Å². The molecule has 0 saturated carbocycles. The van der Waals surface area contributed by atoms with Gasteiger partial charge in [-0.2, -0.15) is 0 Å². The molecule has 3 nitrogen and oxygen atoms in total. The van der Waals surface area contributed by atoms with Gasteiger partial charge in [-0.3, -0.25) is 0 Å². The van der Waals surface area contributed by atoms with Crippen LogP contribution in [0.15, 0.2) is 12.4 Å². The summed E-state index contributed by atoms with van der Waals surface area (Å²) in [5, 5.41) is 3.69. The number of aromatic nitrogens is 2. The molecule has 72 valence electrons. The molecule has 1 N–H and O–H groups in total. The fraction of sp³-hybridized carbons (Fsp3) is 0.556. The summed E-state index contributed by atoms with van der Waals surface area (Å²) in [5.74, 6) is 0.624. The molecule has 4 heteroatoms. The van der Waals surface area contributed by atoms with Crippen molar-refractivity contribution in [3.05, 3.63) is 17.4 Å². The molecule has 1 rings (SSSR count). The minimum absolute atomic E-state index is 0.225. The van der Waals surface area contributed by atoms with Gasteiger partial charge in [-0.05, 0) is 5.41 Å². The topological polar surface area (TPSA) is 37.8 Å². The van der Waals surface area contributed by atoms with E-state index in [0.29, 0.717) is 11.0 Å². The highest BCUT2D eigenvalue weighted by molar-refractivity contribution is 6.30. The van der Waals surface area contributed by atoms with Crippen LogP contribution in [0.3, 0.4) is 0 Å². The average Bonchev–Trinajstić information content (AvgIpc) is 2.02. The SMILES string of the molecule is CC(C)(C)CNc1ncc(Cl)cn1. The molecule has 0 bridgehead atoms. The molecular weight excluding hydrogens is 186 g/mol. The largest absolute Gasteiger partial charge is 0.354 e.